The fourth-order valence-corrected chi connectivity index (χ4v) is 2.09. The number of ether oxygens (including phenoxy) is 2. The number of nitrogens with one attached hydrogen (secondary N) is 1. The minimum absolute atomic E-state index is 0.0127. The minimum Gasteiger partial charge on any atom is -0.497 e. The number of aliphatic hydroxyl groups excluding tert-OH is 1. The predicted molar refractivity (Wildman–Crippen MR) is 79.8 cm³/mol. The fraction of sp³-hybridized carbons (Fsp3) is 0.267. The summed E-state index contributed by atoms with van der Waals surface area (Å²) in [7, 11) is 2.69. The number of nitrogens with zero attached hydrogens (tertiary/aromatic N) is 1. The number of esters is 1. The number of methoxy groups -OCH3 is 2. The van der Waals surface area contributed by atoms with Crippen LogP contribution >= 0.6 is 0 Å². The molecular weight excluding hydrogens is 304 g/mol. The lowest BCUT2D eigenvalue weighted by atomic mass is 10.1. The van der Waals surface area contributed by atoms with Gasteiger partial charge in [-0.1, -0.05) is 0 Å². The molecule has 0 bridgehead atoms. The Balaban J connectivity index is 2.30. The van der Waals surface area contributed by atoms with Gasteiger partial charge in [0.05, 0.1) is 38.6 Å². The Morgan fingerprint density at radius 2 is 2.04 bits per heavy atom. The molecule has 1 aromatic carbocycles. The zero-order chi connectivity index (χ0) is 17.0. The number of carbonyl (C=O) groups is 3. The number of rotatable bonds is 6. The van der Waals surface area contributed by atoms with Crippen molar-refractivity contribution >= 4 is 23.5 Å². The third-order valence-corrected chi connectivity index (χ3v) is 3.23. The molecule has 0 atom stereocenters. The molecule has 2 amide bonds. The molecule has 0 unspecified atom stereocenters. The molecule has 0 saturated heterocycles. The quantitative estimate of drug-likeness (QED) is 0.567. The van der Waals surface area contributed by atoms with Crippen molar-refractivity contribution in [3.63, 3.8) is 0 Å². The van der Waals surface area contributed by atoms with Gasteiger partial charge in [0.15, 0.2) is 0 Å². The van der Waals surface area contributed by atoms with E-state index >= 15 is 0 Å². The van der Waals surface area contributed by atoms with Gasteiger partial charge in [0.2, 0.25) is 0 Å². The first kappa shape index (κ1) is 16.5. The van der Waals surface area contributed by atoms with Gasteiger partial charge in [0.25, 0.3) is 11.8 Å². The molecule has 0 spiro atoms. The van der Waals surface area contributed by atoms with Crippen LogP contribution in [-0.2, 0) is 14.3 Å². The van der Waals surface area contributed by atoms with Crippen LogP contribution in [0.4, 0.5) is 5.69 Å². The number of hydrogen-bond acceptors (Lipinski definition) is 7. The molecule has 0 radical (unpaired) electrons. The van der Waals surface area contributed by atoms with Crippen molar-refractivity contribution in [2.75, 3.05) is 32.7 Å². The lowest BCUT2D eigenvalue weighted by Crippen LogP contribution is -2.34. The second kappa shape index (κ2) is 6.93. The number of aliphatic hydroxyl groups is 1. The van der Waals surface area contributed by atoms with Crippen molar-refractivity contribution in [3.05, 3.63) is 35.5 Å². The van der Waals surface area contributed by atoms with Crippen molar-refractivity contribution in [1.29, 1.82) is 0 Å². The standard InChI is InChI=1S/C15H16N2O6/c1-22-9-3-4-11(10(7-9)15(21)23-2)16-12-8-13(19)17(5-6-18)14(12)20/h3-4,7-8,16,18H,5-6H2,1-2H3. The van der Waals surface area contributed by atoms with E-state index in [1.807, 2.05) is 0 Å². The zero-order valence-corrected chi connectivity index (χ0v) is 12.7. The topological polar surface area (TPSA) is 105 Å². The summed E-state index contributed by atoms with van der Waals surface area (Å²) in [5, 5.41) is 11.6. The van der Waals surface area contributed by atoms with Gasteiger partial charge < -0.3 is 19.9 Å². The maximum Gasteiger partial charge on any atom is 0.340 e. The Hall–Kier alpha value is -2.87. The first-order valence-corrected chi connectivity index (χ1v) is 6.73. The van der Waals surface area contributed by atoms with Crippen molar-refractivity contribution < 1.29 is 29.0 Å². The van der Waals surface area contributed by atoms with Crippen LogP contribution in [0.15, 0.2) is 30.0 Å². The van der Waals surface area contributed by atoms with E-state index in [0.717, 1.165) is 11.0 Å². The number of anilines is 1. The second-order valence-corrected chi connectivity index (χ2v) is 4.60. The van der Waals surface area contributed by atoms with Gasteiger partial charge in [-0.15, -0.1) is 0 Å². The highest BCUT2D eigenvalue weighted by Gasteiger charge is 2.31. The zero-order valence-electron chi connectivity index (χ0n) is 12.7. The van der Waals surface area contributed by atoms with Crippen LogP contribution in [0.1, 0.15) is 10.4 Å². The molecule has 0 saturated carbocycles. The van der Waals surface area contributed by atoms with Crippen molar-refractivity contribution in [2.24, 2.45) is 0 Å². The summed E-state index contributed by atoms with van der Waals surface area (Å²) in [4.78, 5) is 36.6. The molecule has 1 aliphatic rings. The summed E-state index contributed by atoms with van der Waals surface area (Å²) < 4.78 is 9.75. The summed E-state index contributed by atoms with van der Waals surface area (Å²) >= 11 is 0. The van der Waals surface area contributed by atoms with E-state index in [4.69, 9.17) is 14.6 Å². The Morgan fingerprint density at radius 3 is 2.65 bits per heavy atom. The number of carbonyl (C=O) groups excluding carboxylic acids is 3. The largest absolute Gasteiger partial charge is 0.497 e. The lowest BCUT2D eigenvalue weighted by Gasteiger charge is -2.15. The number of amides is 2. The van der Waals surface area contributed by atoms with Crippen LogP contribution in [-0.4, -0.2) is 55.2 Å². The first-order chi connectivity index (χ1) is 11.0. The van der Waals surface area contributed by atoms with Crippen molar-refractivity contribution in [3.8, 4) is 5.75 Å². The van der Waals surface area contributed by atoms with Gasteiger partial charge >= 0.3 is 5.97 Å². The molecule has 2 rings (SSSR count). The third-order valence-electron chi connectivity index (χ3n) is 3.23. The van der Waals surface area contributed by atoms with Gasteiger partial charge in [-0.25, -0.2) is 4.79 Å². The number of imide groups is 1. The monoisotopic (exact) mass is 320 g/mol. The SMILES string of the molecule is COC(=O)c1cc(OC)ccc1NC1=CC(=O)N(CCO)C1=O. The fourth-order valence-electron chi connectivity index (χ4n) is 2.09. The normalized spacial score (nSPS) is 13.9. The molecule has 8 heteroatoms. The highest BCUT2D eigenvalue weighted by molar-refractivity contribution is 6.17. The highest BCUT2D eigenvalue weighted by atomic mass is 16.5. The molecule has 0 aromatic heterocycles. The summed E-state index contributed by atoms with van der Waals surface area (Å²) in [5.41, 5.74) is 0.475. The van der Waals surface area contributed by atoms with Crippen LogP contribution in [0.3, 0.4) is 0 Å². The van der Waals surface area contributed by atoms with E-state index in [2.05, 4.69) is 5.32 Å². The third kappa shape index (κ3) is 3.32. The molecule has 2 N–H and O–H groups in total. The van der Waals surface area contributed by atoms with E-state index in [-0.39, 0.29) is 24.4 Å². The van der Waals surface area contributed by atoms with Crippen LogP contribution in [0.5, 0.6) is 5.75 Å². The average Bonchev–Trinajstić information content (AvgIpc) is 2.82. The molecule has 122 valence electrons. The van der Waals surface area contributed by atoms with Crippen LogP contribution < -0.4 is 10.1 Å². The maximum absolute atomic E-state index is 12.1. The van der Waals surface area contributed by atoms with Crippen LogP contribution in [0.2, 0.25) is 0 Å². The van der Waals surface area contributed by atoms with Gasteiger partial charge in [-0.05, 0) is 18.2 Å². The highest BCUT2D eigenvalue weighted by Crippen LogP contribution is 2.25. The van der Waals surface area contributed by atoms with E-state index in [1.165, 1.54) is 20.3 Å². The first-order valence-electron chi connectivity index (χ1n) is 6.73. The van der Waals surface area contributed by atoms with Crippen molar-refractivity contribution in [1.82, 2.24) is 4.90 Å². The predicted octanol–water partition coefficient (Wildman–Crippen LogP) is 0.139. The molecule has 8 nitrogen and oxygen atoms in total. The average molecular weight is 320 g/mol. The Labute approximate surface area is 132 Å². The Morgan fingerprint density at radius 1 is 1.30 bits per heavy atom. The maximum atomic E-state index is 12.1. The summed E-state index contributed by atoms with van der Waals surface area (Å²) in [6, 6.07) is 4.60. The van der Waals surface area contributed by atoms with Gasteiger partial charge in [-0.3, -0.25) is 14.5 Å². The van der Waals surface area contributed by atoms with Gasteiger partial charge in [-0.2, -0.15) is 0 Å². The molecule has 1 heterocycles. The van der Waals surface area contributed by atoms with E-state index in [0.29, 0.717) is 11.4 Å². The molecule has 1 aliphatic heterocycles. The molecular formula is C15H16N2O6. The van der Waals surface area contributed by atoms with E-state index in [9.17, 15) is 14.4 Å². The van der Waals surface area contributed by atoms with E-state index < -0.39 is 17.8 Å². The molecule has 0 fully saturated rings. The Bertz CT molecular complexity index is 683. The van der Waals surface area contributed by atoms with E-state index in [1.54, 1.807) is 12.1 Å². The smallest absolute Gasteiger partial charge is 0.340 e. The number of β-amino-alcohol motifs (C(OH)–C–C–N with tert-alkyl or cyclic N) is 1. The summed E-state index contributed by atoms with van der Waals surface area (Å²) in [6.45, 7) is -0.416. The number of hydrogen-bond donors (Lipinski definition) is 2. The van der Waals surface area contributed by atoms with Crippen LogP contribution in [0.25, 0.3) is 0 Å². The minimum atomic E-state index is -0.615. The Kier molecular flexibility index (Phi) is 4.97. The second-order valence-electron chi connectivity index (χ2n) is 4.60. The van der Waals surface area contributed by atoms with Crippen LogP contribution in [0, 0.1) is 0 Å². The summed E-state index contributed by atoms with van der Waals surface area (Å²) in [5.74, 6) is -1.27. The molecule has 1 aromatic rings. The number of benzene rings is 1. The van der Waals surface area contributed by atoms with Gasteiger partial charge in [0.1, 0.15) is 11.4 Å². The molecule has 23 heavy (non-hydrogen) atoms. The summed E-state index contributed by atoms with van der Waals surface area (Å²) in [6.07, 6.45) is 1.11. The molecule has 0 aliphatic carbocycles. The van der Waals surface area contributed by atoms with Gasteiger partial charge in [0, 0.05) is 6.08 Å². The lowest BCUT2D eigenvalue weighted by molar-refractivity contribution is -0.137. The van der Waals surface area contributed by atoms with Crippen molar-refractivity contribution in [2.45, 2.75) is 0 Å².